The Morgan fingerprint density at radius 1 is 0.786 bits per heavy atom. The van der Waals surface area contributed by atoms with Crippen LogP contribution < -0.4 is 10.2 Å². The zero-order chi connectivity index (χ0) is 39.9. The zero-order valence-electron chi connectivity index (χ0n) is 33.2. The molecule has 2 N–H and O–H groups in total. The number of amides is 1. The van der Waals surface area contributed by atoms with Crippen LogP contribution in [0.3, 0.4) is 0 Å². The van der Waals surface area contributed by atoms with Crippen molar-refractivity contribution in [2.24, 2.45) is 0 Å². The Morgan fingerprint density at radius 3 is 2.16 bits per heavy atom. The first-order valence-electron chi connectivity index (χ1n) is 19.9. The average molecular weight is 791 g/mol. The molecule has 0 unspecified atom stereocenters. The van der Waals surface area contributed by atoms with E-state index in [2.05, 4.69) is 170 Å². The van der Waals surface area contributed by atoms with E-state index in [1.807, 2.05) is 0 Å². The zero-order valence-corrected chi connectivity index (χ0v) is 34.9. The molecule has 2 heterocycles. The second kappa shape index (κ2) is 17.8. The fourth-order valence-electron chi connectivity index (χ4n) is 8.61. The van der Waals surface area contributed by atoms with E-state index in [1.54, 1.807) is 0 Å². The number of fused-ring (bicyclic) bond motifs is 6. The summed E-state index contributed by atoms with van der Waals surface area (Å²) in [7, 11) is -4.00. The smallest absolute Gasteiger partial charge is 0.264 e. The lowest BCUT2D eigenvalue weighted by Crippen LogP contribution is -2.28. The molecule has 7 nitrogen and oxygen atoms in total. The highest BCUT2D eigenvalue weighted by molar-refractivity contribution is 7.85. The molecule has 0 bridgehead atoms. The van der Waals surface area contributed by atoms with Gasteiger partial charge in [-0.3, -0.25) is 9.35 Å². The molecule has 294 valence electrons. The second-order valence-corrected chi connectivity index (χ2v) is 17.9. The second-order valence-electron chi connectivity index (χ2n) is 15.9. The fraction of sp³-hybridized carbons (Fsp3) is 0.362. The van der Waals surface area contributed by atoms with E-state index in [1.165, 1.54) is 44.1 Å². The summed E-state index contributed by atoms with van der Waals surface area (Å²) >= 11 is 4.18. The maximum Gasteiger partial charge on any atom is 0.264 e. The Balaban J connectivity index is 1.21. The van der Waals surface area contributed by atoms with Crippen LogP contribution in [0.1, 0.15) is 77.3 Å². The summed E-state index contributed by atoms with van der Waals surface area (Å²) in [6.45, 7) is 11.3. The molecular weight excluding hydrogens is 735 g/mol. The van der Waals surface area contributed by atoms with Gasteiger partial charge in [-0.05, 0) is 84.8 Å². The lowest BCUT2D eigenvalue weighted by molar-refractivity contribution is -0.438. The van der Waals surface area contributed by atoms with Crippen LogP contribution in [0.5, 0.6) is 0 Å². The number of anilines is 1. The monoisotopic (exact) mass is 790 g/mol. The molecule has 2 aliphatic heterocycles. The van der Waals surface area contributed by atoms with E-state index in [-0.39, 0.29) is 22.5 Å². The third-order valence-electron chi connectivity index (χ3n) is 11.2. The molecule has 56 heavy (non-hydrogen) atoms. The number of thiol groups is 1. The van der Waals surface area contributed by atoms with Gasteiger partial charge >= 0.3 is 0 Å². The van der Waals surface area contributed by atoms with Gasteiger partial charge in [0.2, 0.25) is 11.6 Å². The van der Waals surface area contributed by atoms with Gasteiger partial charge < -0.3 is 10.2 Å². The van der Waals surface area contributed by atoms with Crippen molar-refractivity contribution in [3.8, 4) is 0 Å². The van der Waals surface area contributed by atoms with E-state index in [0.717, 1.165) is 37.2 Å². The van der Waals surface area contributed by atoms with Crippen LogP contribution in [-0.2, 0) is 25.7 Å². The summed E-state index contributed by atoms with van der Waals surface area (Å²) in [5.41, 5.74) is 6.95. The van der Waals surface area contributed by atoms with Gasteiger partial charge in [-0.25, -0.2) is 0 Å². The molecule has 0 fully saturated rings. The molecule has 4 aromatic carbocycles. The fourth-order valence-corrected chi connectivity index (χ4v) is 9.29. The van der Waals surface area contributed by atoms with E-state index < -0.39 is 10.1 Å². The van der Waals surface area contributed by atoms with Crippen LogP contribution in [0.4, 0.5) is 11.4 Å². The number of hydrogen-bond acceptors (Lipinski definition) is 5. The van der Waals surface area contributed by atoms with Gasteiger partial charge in [0.1, 0.15) is 6.54 Å². The van der Waals surface area contributed by atoms with Gasteiger partial charge in [-0.15, -0.1) is 0 Å². The van der Waals surface area contributed by atoms with Crippen molar-refractivity contribution in [1.82, 2.24) is 5.32 Å². The van der Waals surface area contributed by atoms with Gasteiger partial charge in [0.15, 0.2) is 5.71 Å². The minimum absolute atomic E-state index is 0.0992. The van der Waals surface area contributed by atoms with Crippen LogP contribution in [0.2, 0.25) is 0 Å². The quantitative estimate of drug-likeness (QED) is 0.0326. The summed E-state index contributed by atoms with van der Waals surface area (Å²) in [4.78, 5) is 14.4. The maximum absolute atomic E-state index is 12.1. The Labute approximate surface area is 338 Å². The molecule has 6 rings (SSSR count). The Hall–Kier alpha value is -4.44. The molecule has 1 amide bonds. The molecule has 0 aliphatic carbocycles. The Bertz CT molecular complexity index is 2350. The van der Waals surface area contributed by atoms with Gasteiger partial charge in [-0.1, -0.05) is 98.8 Å². The number of benzene rings is 4. The number of rotatable bonds is 17. The van der Waals surface area contributed by atoms with Crippen molar-refractivity contribution in [3.63, 3.8) is 0 Å². The minimum atomic E-state index is -4.00. The maximum atomic E-state index is 12.1. The van der Waals surface area contributed by atoms with Crippen LogP contribution in [0.15, 0.2) is 121 Å². The predicted octanol–water partition coefficient (Wildman–Crippen LogP) is 9.99. The summed E-state index contributed by atoms with van der Waals surface area (Å²) in [5.74, 6) is 0.512. The van der Waals surface area contributed by atoms with Crippen molar-refractivity contribution < 1.29 is 22.3 Å². The normalized spacial score (nSPS) is 17.0. The summed E-state index contributed by atoms with van der Waals surface area (Å²) in [6.07, 6.45) is 19.2. The number of allylic oxidation sites excluding steroid dienone is 8. The molecule has 2 aliphatic rings. The van der Waals surface area contributed by atoms with Crippen molar-refractivity contribution >= 4 is 67.3 Å². The molecule has 0 saturated carbocycles. The molecule has 0 saturated heterocycles. The standard InChI is InChI=1S/C47H55N3O4S2/c1-46(2)41(49(31-16-8-11-25-43(51)48-30-33-55)39-28-26-35-19-12-14-21-37(35)44(39)46)23-9-6-5-7-10-24-42-47(3,4)45-38-22-15-13-20-36(38)27-29-40(45)50(42)32-17-18-34-56(52,53)54/h5-7,9-10,12-15,19-24,26-29H,8,11,16-18,25,30-34H2,1-4H3,(H2-,48,51,52,53,54,55)/p+1. The molecule has 9 heteroatoms. The minimum Gasteiger partial charge on any atom is -0.355 e. The number of carbonyl (C=O) groups is 1. The van der Waals surface area contributed by atoms with Crippen molar-refractivity contribution in [2.45, 2.75) is 77.0 Å². The topological polar surface area (TPSA) is 89.7 Å². The average Bonchev–Trinajstić information content (AvgIpc) is 3.52. The number of nitrogens with one attached hydrogen (secondary N) is 1. The van der Waals surface area contributed by atoms with Crippen molar-refractivity contribution in [2.75, 3.05) is 36.0 Å². The molecule has 0 aromatic heterocycles. The molecule has 0 atom stereocenters. The molecular formula is C47H56N3O4S2+. The predicted molar refractivity (Wildman–Crippen MR) is 238 cm³/mol. The summed E-state index contributed by atoms with van der Waals surface area (Å²) in [6, 6.07) is 25.9. The van der Waals surface area contributed by atoms with Crippen LogP contribution >= 0.6 is 12.6 Å². The first kappa shape index (κ1) is 41.2. The molecule has 0 spiro atoms. The highest BCUT2D eigenvalue weighted by Gasteiger charge is 2.45. The van der Waals surface area contributed by atoms with E-state index in [0.29, 0.717) is 38.1 Å². The number of hydrogen-bond donors (Lipinski definition) is 3. The SMILES string of the molecule is CC1(C)C(=CC=CC=CC=CC2=[N+](CCCCCC(=O)NCCS)c3ccc4ccccc4c3C2(C)C)N(CCCCS(=O)(=O)O)c2ccc3ccccc3c21. The van der Waals surface area contributed by atoms with Gasteiger partial charge in [0, 0.05) is 66.2 Å². The third-order valence-corrected chi connectivity index (χ3v) is 12.2. The Kier molecular flexibility index (Phi) is 13.1. The highest BCUT2D eigenvalue weighted by Crippen LogP contribution is 2.51. The summed E-state index contributed by atoms with van der Waals surface area (Å²) < 4.78 is 34.6. The first-order chi connectivity index (χ1) is 26.8. The van der Waals surface area contributed by atoms with E-state index in [4.69, 9.17) is 0 Å². The third kappa shape index (κ3) is 9.06. The molecule has 4 aromatic rings. The van der Waals surface area contributed by atoms with Crippen molar-refractivity contribution in [3.05, 3.63) is 132 Å². The van der Waals surface area contributed by atoms with Crippen LogP contribution in [0.25, 0.3) is 21.5 Å². The van der Waals surface area contributed by atoms with E-state index >= 15 is 0 Å². The van der Waals surface area contributed by atoms with Gasteiger partial charge in [-0.2, -0.15) is 25.6 Å². The number of nitrogens with zero attached hydrogens (tertiary/aromatic N) is 2. The highest BCUT2D eigenvalue weighted by atomic mass is 32.2. The Morgan fingerprint density at radius 2 is 1.45 bits per heavy atom. The van der Waals surface area contributed by atoms with E-state index in [9.17, 15) is 17.8 Å². The lowest BCUT2D eigenvalue weighted by atomic mass is 9.79. The summed E-state index contributed by atoms with van der Waals surface area (Å²) in [5, 5.41) is 7.86. The lowest BCUT2D eigenvalue weighted by Gasteiger charge is -2.27. The van der Waals surface area contributed by atoms with Crippen LogP contribution in [0, 0.1) is 0 Å². The number of carbonyl (C=O) groups excluding carboxylic acids is 1. The van der Waals surface area contributed by atoms with Gasteiger partial charge in [0.05, 0.1) is 11.2 Å². The first-order valence-corrected chi connectivity index (χ1v) is 22.1. The van der Waals surface area contributed by atoms with Crippen molar-refractivity contribution in [1.29, 1.82) is 0 Å². The largest absolute Gasteiger partial charge is 0.355 e. The van der Waals surface area contributed by atoms with Gasteiger partial charge in [0.25, 0.3) is 10.1 Å². The van der Waals surface area contributed by atoms with Crippen LogP contribution in [-0.4, -0.2) is 60.3 Å². The number of unbranched alkanes of at least 4 members (excludes halogenated alkanes) is 3. The molecule has 0 radical (unpaired) electrons.